The largest absolute Gasteiger partial charge is 0.457 e. The van der Waals surface area contributed by atoms with Gasteiger partial charge in [0.15, 0.2) is 6.10 Å². The molecule has 4 atom stereocenters. The smallest absolute Gasteiger partial charge is 0.306 e. The molecule has 0 spiro atoms. The third-order valence-corrected chi connectivity index (χ3v) is 6.48. The summed E-state index contributed by atoms with van der Waals surface area (Å²) in [6.45, 7) is 1.77. The number of hydrogen-bond donors (Lipinski definition) is 3. The van der Waals surface area contributed by atoms with E-state index in [0.29, 0.717) is 6.42 Å². The van der Waals surface area contributed by atoms with Gasteiger partial charge >= 0.3 is 5.97 Å². The molecular weight excluding hydrogens is 408 g/mol. The van der Waals surface area contributed by atoms with Crippen LogP contribution in [0.1, 0.15) is 122 Å². The molecule has 0 aromatic carbocycles. The molecule has 0 aromatic heterocycles. The minimum atomic E-state index is -1.16. The molecule has 1 heterocycles. The molecule has 0 radical (unpaired) electrons. The molecule has 1 rings (SSSR count). The molecule has 190 valence electrons. The zero-order chi connectivity index (χ0) is 23.4. The Balaban J connectivity index is 1.87. The maximum absolute atomic E-state index is 12.0. The minimum Gasteiger partial charge on any atom is -0.457 e. The van der Waals surface area contributed by atoms with E-state index in [-0.39, 0.29) is 12.6 Å². The van der Waals surface area contributed by atoms with Gasteiger partial charge in [-0.3, -0.25) is 4.79 Å². The standard InChI is InChI=1S/C26H50O6/c1-2-3-4-5-6-7-8-9-10-11-12-13-14-15-16-17-18-19-24(30)32-26-23(29)21-31-25(26)22(28)20-27/h22-23,25-29H,2-21H2,1H3/t22-,23-,25-,26-/m1/s1. The summed E-state index contributed by atoms with van der Waals surface area (Å²) >= 11 is 0. The Kier molecular flexibility index (Phi) is 18.1. The van der Waals surface area contributed by atoms with E-state index >= 15 is 0 Å². The minimum absolute atomic E-state index is 0.00119. The predicted molar refractivity (Wildman–Crippen MR) is 127 cm³/mol. The van der Waals surface area contributed by atoms with Crippen molar-refractivity contribution in [3.05, 3.63) is 0 Å². The summed E-state index contributed by atoms with van der Waals surface area (Å²) in [5, 5.41) is 28.6. The third-order valence-electron chi connectivity index (χ3n) is 6.48. The fourth-order valence-corrected chi connectivity index (χ4v) is 4.40. The van der Waals surface area contributed by atoms with Crippen LogP contribution in [0.3, 0.4) is 0 Å². The molecule has 6 nitrogen and oxygen atoms in total. The number of carbonyl (C=O) groups excluding carboxylic acids is 1. The molecular formula is C26H50O6. The van der Waals surface area contributed by atoms with Crippen LogP contribution >= 0.6 is 0 Å². The van der Waals surface area contributed by atoms with Gasteiger partial charge in [-0.25, -0.2) is 0 Å². The van der Waals surface area contributed by atoms with Crippen LogP contribution in [0.15, 0.2) is 0 Å². The second kappa shape index (κ2) is 19.7. The molecule has 32 heavy (non-hydrogen) atoms. The van der Waals surface area contributed by atoms with E-state index in [4.69, 9.17) is 14.6 Å². The van der Waals surface area contributed by atoms with E-state index in [1.165, 1.54) is 89.9 Å². The fraction of sp³-hybridized carbons (Fsp3) is 0.962. The monoisotopic (exact) mass is 458 g/mol. The molecule has 0 aromatic rings. The summed E-state index contributed by atoms with van der Waals surface area (Å²) < 4.78 is 10.5. The Morgan fingerprint density at radius 3 is 1.72 bits per heavy atom. The van der Waals surface area contributed by atoms with E-state index in [1.807, 2.05) is 0 Å². The maximum Gasteiger partial charge on any atom is 0.306 e. The SMILES string of the molecule is CCCCCCCCCCCCCCCCCCCC(=O)O[C@H]1[C@@H]([C@H](O)CO)OC[C@H]1O. The summed E-state index contributed by atoms with van der Waals surface area (Å²) in [6.07, 6.45) is 18.4. The lowest BCUT2D eigenvalue weighted by molar-refractivity contribution is -0.160. The highest BCUT2D eigenvalue weighted by atomic mass is 16.6. The van der Waals surface area contributed by atoms with Gasteiger partial charge in [-0.15, -0.1) is 0 Å². The van der Waals surface area contributed by atoms with Crippen molar-refractivity contribution in [3.8, 4) is 0 Å². The van der Waals surface area contributed by atoms with Gasteiger partial charge in [0.2, 0.25) is 0 Å². The molecule has 1 aliphatic heterocycles. The van der Waals surface area contributed by atoms with Crippen LogP contribution in [0.5, 0.6) is 0 Å². The summed E-state index contributed by atoms with van der Waals surface area (Å²) in [5.74, 6) is -0.379. The van der Waals surface area contributed by atoms with Crippen LogP contribution in [0.4, 0.5) is 0 Å². The van der Waals surface area contributed by atoms with Crippen LogP contribution in [0.25, 0.3) is 0 Å². The van der Waals surface area contributed by atoms with Gasteiger partial charge in [0.1, 0.15) is 18.3 Å². The summed E-state index contributed by atoms with van der Waals surface area (Å²) in [7, 11) is 0. The molecule has 6 heteroatoms. The van der Waals surface area contributed by atoms with E-state index in [2.05, 4.69) is 6.92 Å². The Morgan fingerprint density at radius 1 is 0.844 bits per heavy atom. The average molecular weight is 459 g/mol. The van der Waals surface area contributed by atoms with Crippen molar-refractivity contribution in [2.75, 3.05) is 13.2 Å². The molecule has 0 bridgehead atoms. The number of esters is 1. The van der Waals surface area contributed by atoms with Crippen molar-refractivity contribution in [1.82, 2.24) is 0 Å². The number of unbranched alkanes of at least 4 members (excludes halogenated alkanes) is 16. The first kappa shape index (κ1) is 29.3. The van der Waals surface area contributed by atoms with Crippen molar-refractivity contribution in [1.29, 1.82) is 0 Å². The molecule has 1 fully saturated rings. The summed E-state index contributed by atoms with van der Waals surface area (Å²) in [6, 6.07) is 0. The summed E-state index contributed by atoms with van der Waals surface area (Å²) in [4.78, 5) is 12.0. The van der Waals surface area contributed by atoms with Crippen molar-refractivity contribution >= 4 is 5.97 Å². The van der Waals surface area contributed by atoms with E-state index in [1.54, 1.807) is 0 Å². The molecule has 0 saturated carbocycles. The molecule has 0 amide bonds. The van der Waals surface area contributed by atoms with Crippen LogP contribution in [-0.2, 0) is 14.3 Å². The first-order valence-corrected chi connectivity index (χ1v) is 13.4. The van der Waals surface area contributed by atoms with Gasteiger partial charge in [-0.05, 0) is 6.42 Å². The van der Waals surface area contributed by atoms with Crippen LogP contribution in [0.2, 0.25) is 0 Å². The number of carbonyl (C=O) groups is 1. The van der Waals surface area contributed by atoms with E-state index in [0.717, 1.165) is 19.3 Å². The second-order valence-corrected chi connectivity index (χ2v) is 9.48. The van der Waals surface area contributed by atoms with Crippen molar-refractivity contribution < 1.29 is 29.6 Å². The Bertz CT molecular complexity index is 444. The van der Waals surface area contributed by atoms with Gasteiger partial charge in [0, 0.05) is 6.42 Å². The van der Waals surface area contributed by atoms with Gasteiger partial charge in [0.05, 0.1) is 13.2 Å². The molecule has 0 unspecified atom stereocenters. The normalized spacial score (nSPS) is 21.7. The second-order valence-electron chi connectivity index (χ2n) is 9.48. The number of hydrogen-bond acceptors (Lipinski definition) is 6. The Labute approximate surface area is 196 Å². The maximum atomic E-state index is 12.0. The van der Waals surface area contributed by atoms with Crippen molar-refractivity contribution in [2.24, 2.45) is 0 Å². The highest BCUT2D eigenvalue weighted by Gasteiger charge is 2.42. The molecule has 3 N–H and O–H groups in total. The number of ether oxygens (including phenoxy) is 2. The highest BCUT2D eigenvalue weighted by molar-refractivity contribution is 5.69. The fourth-order valence-electron chi connectivity index (χ4n) is 4.40. The average Bonchev–Trinajstić information content (AvgIpc) is 3.15. The van der Waals surface area contributed by atoms with Gasteiger partial charge in [-0.2, -0.15) is 0 Å². The van der Waals surface area contributed by atoms with Crippen LogP contribution in [0, 0.1) is 0 Å². The van der Waals surface area contributed by atoms with Gasteiger partial charge < -0.3 is 24.8 Å². The predicted octanol–water partition coefficient (Wildman–Crippen LogP) is 5.05. The zero-order valence-electron chi connectivity index (χ0n) is 20.5. The van der Waals surface area contributed by atoms with Crippen molar-refractivity contribution in [3.63, 3.8) is 0 Å². The quantitative estimate of drug-likeness (QED) is 0.164. The molecule has 0 aliphatic carbocycles. The lowest BCUT2D eigenvalue weighted by atomic mass is 10.0. The number of aliphatic hydroxyl groups is 3. The van der Waals surface area contributed by atoms with Gasteiger partial charge in [0.25, 0.3) is 0 Å². The van der Waals surface area contributed by atoms with Gasteiger partial charge in [-0.1, -0.05) is 110 Å². The molecule has 1 saturated heterocycles. The van der Waals surface area contributed by atoms with E-state index in [9.17, 15) is 15.0 Å². The zero-order valence-corrected chi connectivity index (χ0v) is 20.5. The summed E-state index contributed by atoms with van der Waals surface area (Å²) in [5.41, 5.74) is 0. The highest BCUT2D eigenvalue weighted by Crippen LogP contribution is 2.22. The lowest BCUT2D eigenvalue weighted by Crippen LogP contribution is -2.43. The lowest BCUT2D eigenvalue weighted by Gasteiger charge is -2.23. The number of rotatable bonds is 21. The van der Waals surface area contributed by atoms with Crippen LogP contribution < -0.4 is 0 Å². The Hall–Kier alpha value is -0.690. The topological polar surface area (TPSA) is 96.2 Å². The third kappa shape index (κ3) is 13.8. The number of aliphatic hydroxyl groups excluding tert-OH is 3. The molecule has 1 aliphatic rings. The van der Waals surface area contributed by atoms with Crippen molar-refractivity contribution in [2.45, 2.75) is 147 Å². The van der Waals surface area contributed by atoms with E-state index < -0.39 is 31.0 Å². The first-order valence-electron chi connectivity index (χ1n) is 13.4. The first-order chi connectivity index (χ1) is 15.6. The van der Waals surface area contributed by atoms with Crippen LogP contribution in [-0.4, -0.2) is 58.9 Å². The Morgan fingerprint density at radius 2 is 1.28 bits per heavy atom.